The van der Waals surface area contributed by atoms with Crippen LogP contribution in [-0.2, 0) is 4.79 Å². The van der Waals surface area contributed by atoms with Crippen LogP contribution in [0.3, 0.4) is 0 Å². The van der Waals surface area contributed by atoms with E-state index in [-0.39, 0.29) is 5.92 Å². The molecule has 0 saturated heterocycles. The molecule has 5 heteroatoms. The van der Waals surface area contributed by atoms with Gasteiger partial charge in [0.1, 0.15) is 0 Å². The molecule has 0 bridgehead atoms. The number of nitrogens with one attached hydrogen (secondary N) is 1. The van der Waals surface area contributed by atoms with E-state index in [0.29, 0.717) is 22.1 Å². The van der Waals surface area contributed by atoms with Gasteiger partial charge in [0, 0.05) is 34.0 Å². The fraction of sp³-hybridized carbons (Fsp3) is 0.0526. The van der Waals surface area contributed by atoms with Crippen LogP contribution in [0.15, 0.2) is 67.0 Å². The molecule has 1 atom stereocenters. The van der Waals surface area contributed by atoms with E-state index in [1.165, 1.54) is 0 Å². The zero-order valence-corrected chi connectivity index (χ0v) is 14.1. The van der Waals surface area contributed by atoms with Crippen LogP contribution in [0.4, 0.5) is 5.69 Å². The molecular formula is C19H14Cl2N2O. The van der Waals surface area contributed by atoms with Crippen molar-refractivity contribution in [1.82, 2.24) is 4.98 Å². The average Bonchev–Trinajstić information content (AvgIpc) is 2.60. The number of amides is 1. The van der Waals surface area contributed by atoms with Crippen molar-refractivity contribution >= 4 is 35.3 Å². The highest BCUT2D eigenvalue weighted by Crippen LogP contribution is 2.37. The van der Waals surface area contributed by atoms with E-state index in [1.807, 2.05) is 54.7 Å². The summed E-state index contributed by atoms with van der Waals surface area (Å²) in [6, 6.07) is 17.1. The van der Waals surface area contributed by atoms with Crippen molar-refractivity contribution in [2.45, 2.75) is 5.92 Å². The van der Waals surface area contributed by atoms with Crippen LogP contribution in [-0.4, -0.2) is 11.4 Å². The first-order valence-corrected chi connectivity index (χ1v) is 8.09. The van der Waals surface area contributed by atoms with Crippen LogP contribution < -0.4 is 5.32 Å². The van der Waals surface area contributed by atoms with Gasteiger partial charge >= 0.3 is 0 Å². The first kappa shape index (κ1) is 16.5. The Labute approximate surface area is 150 Å². The second kappa shape index (κ2) is 7.47. The molecule has 3 rings (SSSR count). The first-order valence-electron chi connectivity index (χ1n) is 7.34. The summed E-state index contributed by atoms with van der Waals surface area (Å²) in [6.07, 6.45) is 4.19. The fourth-order valence-corrected chi connectivity index (χ4v) is 3.09. The number of benzene rings is 2. The maximum Gasteiger partial charge on any atom is 0.211 e. The molecule has 24 heavy (non-hydrogen) atoms. The first-order chi connectivity index (χ1) is 11.7. The summed E-state index contributed by atoms with van der Waals surface area (Å²) in [5.74, 6) is -0.0752. The van der Waals surface area contributed by atoms with Crippen LogP contribution in [0.2, 0.25) is 10.0 Å². The number of hydrogen-bond acceptors (Lipinski definition) is 2. The monoisotopic (exact) mass is 356 g/mol. The summed E-state index contributed by atoms with van der Waals surface area (Å²) < 4.78 is 0. The SMILES string of the molecule is O=CNc1ccc(C(c2ccc(Cl)cc2)c2cccnc2)c(Cl)c1. The Bertz CT molecular complexity index is 836. The highest BCUT2D eigenvalue weighted by molar-refractivity contribution is 6.32. The minimum absolute atomic E-state index is 0.0752. The predicted octanol–water partition coefficient (Wildman–Crippen LogP) is 5.14. The van der Waals surface area contributed by atoms with Gasteiger partial charge in [-0.05, 0) is 47.0 Å². The van der Waals surface area contributed by atoms with Gasteiger partial charge in [-0.25, -0.2) is 0 Å². The van der Waals surface area contributed by atoms with Crippen molar-refractivity contribution < 1.29 is 4.79 Å². The van der Waals surface area contributed by atoms with E-state index >= 15 is 0 Å². The molecule has 1 amide bonds. The largest absolute Gasteiger partial charge is 0.329 e. The standard InChI is InChI=1S/C19H14Cl2N2O/c20-15-5-3-13(4-6-15)19(14-2-1-9-22-11-14)17-8-7-16(23-12-24)10-18(17)21/h1-12,19H,(H,23,24). The molecule has 0 fully saturated rings. The van der Waals surface area contributed by atoms with E-state index < -0.39 is 0 Å². The Morgan fingerprint density at radius 2 is 1.79 bits per heavy atom. The molecule has 3 aromatic rings. The molecule has 2 aromatic carbocycles. The molecule has 3 nitrogen and oxygen atoms in total. The van der Waals surface area contributed by atoms with Crippen molar-refractivity contribution in [3.8, 4) is 0 Å². The van der Waals surface area contributed by atoms with Gasteiger partial charge in [-0.1, -0.05) is 47.5 Å². The summed E-state index contributed by atoms with van der Waals surface area (Å²) in [6.45, 7) is 0. The van der Waals surface area contributed by atoms with E-state index in [1.54, 1.807) is 12.3 Å². The van der Waals surface area contributed by atoms with Crippen LogP contribution in [0, 0.1) is 0 Å². The predicted molar refractivity (Wildman–Crippen MR) is 97.8 cm³/mol. The Hall–Kier alpha value is -2.36. The summed E-state index contributed by atoms with van der Waals surface area (Å²) >= 11 is 12.5. The Kier molecular flexibility index (Phi) is 5.14. The number of anilines is 1. The van der Waals surface area contributed by atoms with E-state index in [0.717, 1.165) is 16.7 Å². The number of rotatable bonds is 5. The summed E-state index contributed by atoms with van der Waals surface area (Å²) in [7, 11) is 0. The molecule has 0 spiro atoms. The van der Waals surface area contributed by atoms with Gasteiger partial charge in [0.15, 0.2) is 0 Å². The fourth-order valence-electron chi connectivity index (χ4n) is 2.67. The molecule has 0 aliphatic rings. The maximum atomic E-state index is 10.6. The highest BCUT2D eigenvalue weighted by atomic mass is 35.5. The van der Waals surface area contributed by atoms with Gasteiger partial charge < -0.3 is 5.32 Å². The van der Waals surface area contributed by atoms with E-state index in [9.17, 15) is 4.79 Å². The third-order valence-electron chi connectivity index (χ3n) is 3.76. The lowest BCUT2D eigenvalue weighted by Gasteiger charge is -2.20. The molecule has 1 N–H and O–H groups in total. The van der Waals surface area contributed by atoms with Crippen LogP contribution >= 0.6 is 23.2 Å². The molecule has 120 valence electrons. The number of pyridine rings is 1. The number of nitrogens with zero attached hydrogens (tertiary/aromatic N) is 1. The van der Waals surface area contributed by atoms with Gasteiger partial charge in [0.25, 0.3) is 0 Å². The molecule has 0 aliphatic carbocycles. The van der Waals surface area contributed by atoms with E-state index in [2.05, 4.69) is 10.3 Å². The average molecular weight is 357 g/mol. The molecule has 1 unspecified atom stereocenters. The van der Waals surface area contributed by atoms with Gasteiger partial charge in [-0.15, -0.1) is 0 Å². The van der Waals surface area contributed by atoms with Gasteiger partial charge in [0.05, 0.1) is 0 Å². The highest BCUT2D eigenvalue weighted by Gasteiger charge is 2.20. The number of carbonyl (C=O) groups excluding carboxylic acids is 1. The second-order valence-corrected chi connectivity index (χ2v) is 6.11. The lowest BCUT2D eigenvalue weighted by molar-refractivity contribution is -0.105. The lowest BCUT2D eigenvalue weighted by atomic mass is 9.86. The molecular weight excluding hydrogens is 343 g/mol. The Morgan fingerprint density at radius 3 is 2.42 bits per heavy atom. The van der Waals surface area contributed by atoms with Gasteiger partial charge in [-0.3, -0.25) is 9.78 Å². The van der Waals surface area contributed by atoms with Gasteiger partial charge in [0.2, 0.25) is 6.41 Å². The zero-order valence-electron chi connectivity index (χ0n) is 12.6. The van der Waals surface area contributed by atoms with Crippen LogP contribution in [0.1, 0.15) is 22.6 Å². The smallest absolute Gasteiger partial charge is 0.211 e. The minimum Gasteiger partial charge on any atom is -0.329 e. The van der Waals surface area contributed by atoms with Crippen molar-refractivity contribution in [2.24, 2.45) is 0 Å². The van der Waals surface area contributed by atoms with E-state index in [4.69, 9.17) is 23.2 Å². The Balaban J connectivity index is 2.11. The number of aromatic nitrogens is 1. The van der Waals surface area contributed by atoms with Gasteiger partial charge in [-0.2, -0.15) is 0 Å². The summed E-state index contributed by atoms with van der Waals surface area (Å²) in [5.41, 5.74) is 3.67. The van der Waals surface area contributed by atoms with Crippen molar-refractivity contribution in [1.29, 1.82) is 0 Å². The second-order valence-electron chi connectivity index (χ2n) is 5.27. The molecule has 0 saturated carbocycles. The number of halogens is 2. The number of hydrogen-bond donors (Lipinski definition) is 1. The third kappa shape index (κ3) is 3.58. The van der Waals surface area contributed by atoms with Crippen molar-refractivity contribution in [3.05, 3.63) is 93.7 Å². The molecule has 1 heterocycles. The topological polar surface area (TPSA) is 42.0 Å². The quantitative estimate of drug-likeness (QED) is 0.643. The van der Waals surface area contributed by atoms with Crippen LogP contribution in [0.25, 0.3) is 0 Å². The van der Waals surface area contributed by atoms with Crippen LogP contribution in [0.5, 0.6) is 0 Å². The third-order valence-corrected chi connectivity index (χ3v) is 4.34. The molecule has 0 radical (unpaired) electrons. The Morgan fingerprint density at radius 1 is 1.00 bits per heavy atom. The summed E-state index contributed by atoms with van der Waals surface area (Å²) in [5, 5.41) is 3.86. The maximum absolute atomic E-state index is 10.6. The summed E-state index contributed by atoms with van der Waals surface area (Å²) in [4.78, 5) is 14.8. The number of carbonyl (C=O) groups is 1. The van der Waals surface area contributed by atoms with Crippen molar-refractivity contribution in [3.63, 3.8) is 0 Å². The lowest BCUT2D eigenvalue weighted by Crippen LogP contribution is -2.05. The zero-order chi connectivity index (χ0) is 16.9. The minimum atomic E-state index is -0.0752. The molecule has 0 aliphatic heterocycles. The molecule has 1 aromatic heterocycles. The van der Waals surface area contributed by atoms with Crippen molar-refractivity contribution in [2.75, 3.05) is 5.32 Å². The normalized spacial score (nSPS) is 11.8.